The Morgan fingerprint density at radius 2 is 2.25 bits per heavy atom. The van der Waals surface area contributed by atoms with E-state index in [2.05, 4.69) is 30.1 Å². The van der Waals surface area contributed by atoms with Crippen LogP contribution in [0.15, 0.2) is 24.3 Å². The fourth-order valence-electron chi connectivity index (χ4n) is 4.03. The van der Waals surface area contributed by atoms with E-state index in [-0.39, 0.29) is 5.41 Å². The molecule has 0 bridgehead atoms. The highest BCUT2D eigenvalue weighted by Crippen LogP contribution is 2.48. The number of methoxy groups -OCH3 is 1. The second-order valence-corrected chi connectivity index (χ2v) is 6.35. The Morgan fingerprint density at radius 3 is 3.05 bits per heavy atom. The van der Waals surface area contributed by atoms with Crippen molar-refractivity contribution >= 4 is 5.78 Å². The Kier molecular flexibility index (Phi) is 3.55. The number of piperidine rings is 1. The maximum Gasteiger partial charge on any atom is 0.133 e. The zero-order valence-electron chi connectivity index (χ0n) is 12.4. The highest BCUT2D eigenvalue weighted by Gasteiger charge is 2.47. The van der Waals surface area contributed by atoms with E-state index in [4.69, 9.17) is 4.74 Å². The first-order valence-corrected chi connectivity index (χ1v) is 7.49. The monoisotopic (exact) mass is 273 g/mol. The van der Waals surface area contributed by atoms with Crippen molar-refractivity contribution in [3.8, 4) is 5.75 Å². The molecule has 0 radical (unpaired) electrons. The molecule has 1 aromatic carbocycles. The molecule has 2 fully saturated rings. The van der Waals surface area contributed by atoms with E-state index in [1.165, 1.54) is 5.56 Å². The van der Waals surface area contributed by atoms with Gasteiger partial charge in [-0.1, -0.05) is 12.1 Å². The predicted molar refractivity (Wildman–Crippen MR) is 79.1 cm³/mol. The molecule has 1 heterocycles. The van der Waals surface area contributed by atoms with Crippen LogP contribution in [0, 0.1) is 5.92 Å². The van der Waals surface area contributed by atoms with Crippen molar-refractivity contribution in [1.29, 1.82) is 0 Å². The first-order chi connectivity index (χ1) is 9.64. The van der Waals surface area contributed by atoms with Crippen LogP contribution in [0.1, 0.15) is 31.2 Å². The van der Waals surface area contributed by atoms with Crippen LogP contribution >= 0.6 is 0 Å². The number of Topliss-reactive ketones (excluding diaryl/α,β-unsaturated/α-hetero) is 1. The molecule has 3 nitrogen and oxygen atoms in total. The van der Waals surface area contributed by atoms with Crippen molar-refractivity contribution in [2.75, 3.05) is 27.2 Å². The molecule has 1 aromatic rings. The third-order valence-electron chi connectivity index (χ3n) is 5.18. The molecule has 20 heavy (non-hydrogen) atoms. The van der Waals surface area contributed by atoms with Crippen LogP contribution in [0.2, 0.25) is 0 Å². The van der Waals surface area contributed by atoms with Gasteiger partial charge in [-0.3, -0.25) is 4.79 Å². The Hall–Kier alpha value is -1.35. The Balaban J connectivity index is 2.01. The standard InChI is InChI=1S/C17H23NO2/c1-18-9-8-17(11-15(19)7-6-14(17)12-18)13-4-3-5-16(10-13)20-2/h3-5,10,14H,6-9,11-12H2,1-2H3/t14-,17-/m0/s1. The number of hydrogen-bond donors (Lipinski definition) is 0. The summed E-state index contributed by atoms with van der Waals surface area (Å²) in [6, 6.07) is 8.35. The molecule has 3 rings (SSSR count). The summed E-state index contributed by atoms with van der Waals surface area (Å²) in [5.74, 6) is 1.91. The molecule has 3 heteroatoms. The maximum absolute atomic E-state index is 12.1. The molecule has 108 valence electrons. The Bertz CT molecular complexity index is 513. The molecule has 0 N–H and O–H groups in total. The smallest absolute Gasteiger partial charge is 0.133 e. The molecule has 0 spiro atoms. The van der Waals surface area contributed by atoms with Gasteiger partial charge in [-0.05, 0) is 50.0 Å². The van der Waals surface area contributed by atoms with Gasteiger partial charge in [0.05, 0.1) is 7.11 Å². The number of ketones is 1. The van der Waals surface area contributed by atoms with Gasteiger partial charge in [0.1, 0.15) is 11.5 Å². The van der Waals surface area contributed by atoms with E-state index in [0.717, 1.165) is 38.1 Å². The van der Waals surface area contributed by atoms with Crippen LogP contribution in [0.25, 0.3) is 0 Å². The van der Waals surface area contributed by atoms with Crippen molar-refractivity contribution in [2.45, 2.75) is 31.1 Å². The van der Waals surface area contributed by atoms with Crippen molar-refractivity contribution in [1.82, 2.24) is 4.90 Å². The van der Waals surface area contributed by atoms with Crippen LogP contribution in [0.3, 0.4) is 0 Å². The number of ether oxygens (including phenoxy) is 1. The number of carbonyl (C=O) groups excluding carboxylic acids is 1. The summed E-state index contributed by atoms with van der Waals surface area (Å²) in [4.78, 5) is 14.5. The first-order valence-electron chi connectivity index (χ1n) is 7.49. The lowest BCUT2D eigenvalue weighted by Crippen LogP contribution is -2.52. The topological polar surface area (TPSA) is 29.5 Å². The third-order valence-corrected chi connectivity index (χ3v) is 5.18. The van der Waals surface area contributed by atoms with Gasteiger partial charge >= 0.3 is 0 Å². The van der Waals surface area contributed by atoms with E-state index in [9.17, 15) is 4.79 Å². The number of nitrogens with zero attached hydrogens (tertiary/aromatic N) is 1. The molecule has 1 saturated carbocycles. The van der Waals surface area contributed by atoms with Crippen LogP contribution in [-0.2, 0) is 10.2 Å². The van der Waals surface area contributed by atoms with Gasteiger partial charge in [-0.25, -0.2) is 0 Å². The van der Waals surface area contributed by atoms with E-state index in [1.807, 2.05) is 6.07 Å². The summed E-state index contributed by atoms with van der Waals surface area (Å²) in [5, 5.41) is 0. The minimum absolute atomic E-state index is 0.0381. The highest BCUT2D eigenvalue weighted by atomic mass is 16.5. The maximum atomic E-state index is 12.1. The van der Waals surface area contributed by atoms with Crippen LogP contribution in [-0.4, -0.2) is 37.9 Å². The van der Waals surface area contributed by atoms with Crippen molar-refractivity contribution in [3.63, 3.8) is 0 Å². The SMILES string of the molecule is COc1cccc([C@@]23CCN(C)C[C@@H]2CCC(=O)C3)c1. The van der Waals surface area contributed by atoms with E-state index in [0.29, 0.717) is 18.1 Å². The average Bonchev–Trinajstić information content (AvgIpc) is 2.47. The quantitative estimate of drug-likeness (QED) is 0.829. The molecule has 0 amide bonds. The summed E-state index contributed by atoms with van der Waals surface area (Å²) < 4.78 is 5.37. The van der Waals surface area contributed by atoms with Crippen molar-refractivity contribution in [2.24, 2.45) is 5.92 Å². The minimum atomic E-state index is 0.0381. The Labute approximate surface area is 120 Å². The largest absolute Gasteiger partial charge is 0.497 e. The molecule has 1 aliphatic heterocycles. The van der Waals surface area contributed by atoms with Gasteiger partial charge in [0.2, 0.25) is 0 Å². The molecule has 2 aliphatic rings. The van der Waals surface area contributed by atoms with E-state index in [1.54, 1.807) is 7.11 Å². The number of rotatable bonds is 2. The molecular formula is C17H23NO2. The predicted octanol–water partition coefficient (Wildman–Crippen LogP) is 2.64. The van der Waals surface area contributed by atoms with Gasteiger partial charge in [-0.2, -0.15) is 0 Å². The van der Waals surface area contributed by atoms with E-state index >= 15 is 0 Å². The summed E-state index contributed by atoms with van der Waals surface area (Å²) in [7, 11) is 3.89. The number of hydrogen-bond acceptors (Lipinski definition) is 3. The first kappa shape index (κ1) is 13.6. The second-order valence-electron chi connectivity index (χ2n) is 6.35. The van der Waals surface area contributed by atoms with Crippen LogP contribution in [0.4, 0.5) is 0 Å². The number of likely N-dealkylation sites (tertiary alicyclic amines) is 1. The zero-order valence-corrected chi connectivity index (χ0v) is 12.4. The number of benzene rings is 1. The molecule has 1 aliphatic carbocycles. The lowest BCUT2D eigenvalue weighted by Gasteiger charge is -2.50. The molecule has 0 aromatic heterocycles. The summed E-state index contributed by atoms with van der Waals surface area (Å²) in [6.07, 6.45) is 3.57. The van der Waals surface area contributed by atoms with Gasteiger partial charge in [-0.15, -0.1) is 0 Å². The summed E-state index contributed by atoms with van der Waals surface area (Å²) in [6.45, 7) is 2.17. The van der Waals surface area contributed by atoms with Gasteiger partial charge in [0, 0.05) is 24.8 Å². The minimum Gasteiger partial charge on any atom is -0.497 e. The van der Waals surface area contributed by atoms with Crippen LogP contribution < -0.4 is 4.74 Å². The zero-order chi connectivity index (χ0) is 14.2. The third kappa shape index (κ3) is 2.24. The summed E-state index contributed by atoms with van der Waals surface area (Å²) in [5.41, 5.74) is 1.33. The summed E-state index contributed by atoms with van der Waals surface area (Å²) >= 11 is 0. The highest BCUT2D eigenvalue weighted by molar-refractivity contribution is 5.81. The number of carbonyl (C=O) groups is 1. The fourth-order valence-corrected chi connectivity index (χ4v) is 4.03. The molecule has 1 saturated heterocycles. The van der Waals surface area contributed by atoms with E-state index < -0.39 is 0 Å². The molecule has 2 atom stereocenters. The van der Waals surface area contributed by atoms with Gasteiger partial charge in [0.25, 0.3) is 0 Å². The average molecular weight is 273 g/mol. The van der Waals surface area contributed by atoms with Gasteiger partial charge < -0.3 is 9.64 Å². The van der Waals surface area contributed by atoms with Crippen molar-refractivity contribution < 1.29 is 9.53 Å². The van der Waals surface area contributed by atoms with Crippen molar-refractivity contribution in [3.05, 3.63) is 29.8 Å². The Morgan fingerprint density at radius 1 is 1.40 bits per heavy atom. The lowest BCUT2D eigenvalue weighted by atomic mass is 9.59. The molecule has 0 unspecified atom stereocenters. The second kappa shape index (κ2) is 5.21. The molecular weight excluding hydrogens is 250 g/mol. The van der Waals surface area contributed by atoms with Gasteiger partial charge in [0.15, 0.2) is 0 Å². The normalized spacial score (nSPS) is 30.9. The fraction of sp³-hybridized carbons (Fsp3) is 0.588. The van der Waals surface area contributed by atoms with Crippen LogP contribution in [0.5, 0.6) is 5.75 Å². The lowest BCUT2D eigenvalue weighted by molar-refractivity contribution is -0.124. The number of fused-ring (bicyclic) bond motifs is 1.